The van der Waals surface area contributed by atoms with Crippen LogP contribution in [0.2, 0.25) is 0 Å². The van der Waals surface area contributed by atoms with E-state index in [0.29, 0.717) is 12.0 Å². The van der Waals surface area contributed by atoms with Crippen molar-refractivity contribution < 1.29 is 4.79 Å². The summed E-state index contributed by atoms with van der Waals surface area (Å²) < 4.78 is 0. The monoisotopic (exact) mass is 296 g/mol. The Morgan fingerprint density at radius 2 is 1.86 bits per heavy atom. The molecule has 1 fully saturated rings. The molecule has 122 valence electrons. The first-order chi connectivity index (χ1) is 9.99. The number of nitrogens with zero attached hydrogens (tertiary/aromatic N) is 2. The predicted octanol–water partition coefficient (Wildman–Crippen LogP) is 2.12. The summed E-state index contributed by atoms with van der Waals surface area (Å²) >= 11 is 0. The van der Waals surface area contributed by atoms with Gasteiger partial charge in [0.1, 0.15) is 6.54 Å². The second kappa shape index (κ2) is 9.64. The van der Waals surface area contributed by atoms with Crippen molar-refractivity contribution in [3.05, 3.63) is 0 Å². The van der Waals surface area contributed by atoms with Gasteiger partial charge >= 0.3 is 0 Å². The van der Waals surface area contributed by atoms with Gasteiger partial charge in [0, 0.05) is 19.1 Å². The van der Waals surface area contributed by atoms with Crippen molar-refractivity contribution >= 4 is 11.9 Å². The summed E-state index contributed by atoms with van der Waals surface area (Å²) in [5, 5.41) is 3.17. The minimum Gasteiger partial charge on any atom is -0.370 e. The maximum Gasteiger partial charge on any atom is 0.244 e. The van der Waals surface area contributed by atoms with Crippen molar-refractivity contribution in [1.82, 2.24) is 10.2 Å². The number of rotatable bonds is 7. The van der Waals surface area contributed by atoms with Crippen LogP contribution in [-0.4, -0.2) is 42.4 Å². The second-order valence-electron chi connectivity index (χ2n) is 6.51. The quantitative estimate of drug-likeness (QED) is 0.558. The molecular weight excluding hydrogens is 264 g/mol. The van der Waals surface area contributed by atoms with Gasteiger partial charge in [0.25, 0.3) is 0 Å². The Kier molecular flexibility index (Phi) is 8.16. The molecule has 0 radical (unpaired) electrons. The van der Waals surface area contributed by atoms with E-state index in [1.54, 1.807) is 0 Å². The fourth-order valence-corrected chi connectivity index (χ4v) is 2.60. The molecule has 1 amide bonds. The lowest BCUT2D eigenvalue weighted by Gasteiger charge is -2.26. The zero-order chi connectivity index (χ0) is 15.7. The van der Waals surface area contributed by atoms with Gasteiger partial charge in [0.05, 0.1) is 0 Å². The topological polar surface area (TPSA) is 70.7 Å². The number of piperidine rings is 1. The molecule has 0 spiro atoms. The molecule has 1 unspecified atom stereocenters. The number of carbonyl (C=O) groups is 1. The summed E-state index contributed by atoms with van der Waals surface area (Å²) in [4.78, 5) is 18.0. The van der Waals surface area contributed by atoms with E-state index in [1.165, 1.54) is 19.3 Å². The molecule has 1 rings (SSSR count). The fourth-order valence-electron chi connectivity index (χ4n) is 2.60. The number of carbonyl (C=O) groups excluding carboxylic acids is 1. The molecule has 1 saturated heterocycles. The van der Waals surface area contributed by atoms with E-state index in [1.807, 2.05) is 4.90 Å². The number of hydrogen-bond donors (Lipinski definition) is 2. The van der Waals surface area contributed by atoms with Crippen LogP contribution in [0.3, 0.4) is 0 Å². The lowest BCUT2D eigenvalue weighted by atomic mass is 10.0. The van der Waals surface area contributed by atoms with Crippen LogP contribution in [0.1, 0.15) is 59.3 Å². The number of aliphatic imine (C=N–C) groups is 1. The van der Waals surface area contributed by atoms with E-state index in [0.717, 1.165) is 38.3 Å². The molecule has 0 saturated carbocycles. The summed E-state index contributed by atoms with van der Waals surface area (Å²) in [5.41, 5.74) is 5.85. The normalized spacial score (nSPS) is 17.9. The van der Waals surface area contributed by atoms with E-state index in [4.69, 9.17) is 5.73 Å². The van der Waals surface area contributed by atoms with E-state index in [-0.39, 0.29) is 12.5 Å². The Labute approximate surface area is 129 Å². The molecule has 0 bridgehead atoms. The highest BCUT2D eigenvalue weighted by molar-refractivity contribution is 5.84. The molecule has 1 atom stereocenters. The van der Waals surface area contributed by atoms with Crippen LogP contribution in [0.5, 0.6) is 0 Å². The minimum atomic E-state index is 0.0897. The number of likely N-dealkylation sites (tertiary alicyclic amines) is 1. The van der Waals surface area contributed by atoms with Crippen molar-refractivity contribution in [3.8, 4) is 0 Å². The van der Waals surface area contributed by atoms with Crippen molar-refractivity contribution in [1.29, 1.82) is 0 Å². The van der Waals surface area contributed by atoms with Gasteiger partial charge in [-0.25, -0.2) is 4.99 Å². The molecule has 0 aliphatic carbocycles. The highest BCUT2D eigenvalue weighted by Crippen LogP contribution is 2.09. The largest absolute Gasteiger partial charge is 0.370 e. The average Bonchev–Trinajstić information content (AvgIpc) is 2.45. The zero-order valence-electron chi connectivity index (χ0n) is 13.9. The first-order valence-electron chi connectivity index (χ1n) is 8.33. The Morgan fingerprint density at radius 1 is 1.19 bits per heavy atom. The van der Waals surface area contributed by atoms with Crippen molar-refractivity contribution in [2.45, 2.75) is 65.3 Å². The molecule has 0 aromatic heterocycles. The van der Waals surface area contributed by atoms with E-state index in [9.17, 15) is 4.79 Å². The van der Waals surface area contributed by atoms with Crippen LogP contribution in [0.15, 0.2) is 4.99 Å². The van der Waals surface area contributed by atoms with E-state index in [2.05, 4.69) is 31.1 Å². The third-order valence-corrected chi connectivity index (χ3v) is 3.91. The number of nitrogens with one attached hydrogen (secondary N) is 1. The van der Waals surface area contributed by atoms with Gasteiger partial charge in [-0.15, -0.1) is 0 Å². The van der Waals surface area contributed by atoms with Crippen molar-refractivity contribution in [2.75, 3.05) is 19.6 Å². The molecule has 3 N–H and O–H groups in total. The first-order valence-corrected chi connectivity index (χ1v) is 8.33. The summed E-state index contributed by atoms with van der Waals surface area (Å²) in [6.07, 6.45) is 6.94. The molecule has 0 aromatic rings. The van der Waals surface area contributed by atoms with E-state index < -0.39 is 0 Å². The lowest BCUT2D eigenvalue weighted by Crippen LogP contribution is -2.41. The van der Waals surface area contributed by atoms with Crippen LogP contribution >= 0.6 is 0 Å². The summed E-state index contributed by atoms with van der Waals surface area (Å²) in [7, 11) is 0. The van der Waals surface area contributed by atoms with Gasteiger partial charge in [-0.1, -0.05) is 26.7 Å². The minimum absolute atomic E-state index is 0.0897. The molecule has 0 aromatic carbocycles. The molecule has 1 aliphatic rings. The molecular formula is C16H32N4O. The lowest BCUT2D eigenvalue weighted by molar-refractivity contribution is -0.130. The molecule has 5 nitrogen and oxygen atoms in total. The van der Waals surface area contributed by atoms with Gasteiger partial charge in [-0.2, -0.15) is 0 Å². The fraction of sp³-hybridized carbons (Fsp3) is 0.875. The van der Waals surface area contributed by atoms with Crippen LogP contribution in [-0.2, 0) is 4.79 Å². The average molecular weight is 296 g/mol. The van der Waals surface area contributed by atoms with Gasteiger partial charge in [-0.05, 0) is 38.5 Å². The smallest absolute Gasteiger partial charge is 0.244 e. The van der Waals surface area contributed by atoms with Crippen LogP contribution < -0.4 is 11.1 Å². The zero-order valence-corrected chi connectivity index (χ0v) is 13.9. The van der Waals surface area contributed by atoms with Crippen molar-refractivity contribution in [3.63, 3.8) is 0 Å². The highest BCUT2D eigenvalue weighted by Gasteiger charge is 2.15. The molecule has 21 heavy (non-hydrogen) atoms. The third-order valence-electron chi connectivity index (χ3n) is 3.91. The van der Waals surface area contributed by atoms with Gasteiger partial charge in [0.15, 0.2) is 5.96 Å². The standard InChI is InChI=1S/C16H32N4O/c1-13(2)8-7-9-14(3)19-16(17)18-12-15(21)20-10-5-4-6-11-20/h13-14H,4-12H2,1-3H3,(H3,17,18,19). The Balaban J connectivity index is 2.23. The Bertz CT molecular complexity index is 335. The highest BCUT2D eigenvalue weighted by atomic mass is 16.2. The van der Waals surface area contributed by atoms with E-state index >= 15 is 0 Å². The Hall–Kier alpha value is -1.26. The Morgan fingerprint density at radius 3 is 2.48 bits per heavy atom. The summed E-state index contributed by atoms with van der Waals surface area (Å²) in [5.74, 6) is 1.22. The maximum atomic E-state index is 12.0. The predicted molar refractivity (Wildman–Crippen MR) is 88.2 cm³/mol. The summed E-state index contributed by atoms with van der Waals surface area (Å²) in [6.45, 7) is 8.48. The van der Waals surface area contributed by atoms with Gasteiger partial charge in [-0.3, -0.25) is 4.79 Å². The van der Waals surface area contributed by atoms with Gasteiger partial charge in [0.2, 0.25) is 5.91 Å². The third kappa shape index (κ3) is 7.93. The number of amides is 1. The van der Waals surface area contributed by atoms with Crippen LogP contribution in [0.4, 0.5) is 0 Å². The van der Waals surface area contributed by atoms with Gasteiger partial charge < -0.3 is 16.0 Å². The molecule has 1 aliphatic heterocycles. The SMILES string of the molecule is CC(C)CCCC(C)NC(N)=NCC(=O)N1CCCCC1. The number of nitrogens with two attached hydrogens (primary N) is 1. The molecule has 1 heterocycles. The van der Waals surface area contributed by atoms with Crippen LogP contribution in [0.25, 0.3) is 0 Å². The van der Waals surface area contributed by atoms with Crippen LogP contribution in [0, 0.1) is 5.92 Å². The maximum absolute atomic E-state index is 12.0. The number of guanidine groups is 1. The second-order valence-corrected chi connectivity index (χ2v) is 6.51. The first kappa shape index (κ1) is 17.8. The molecule has 5 heteroatoms. The number of hydrogen-bond acceptors (Lipinski definition) is 2. The summed E-state index contributed by atoms with van der Waals surface area (Å²) in [6, 6.07) is 0.303. The van der Waals surface area contributed by atoms with Crippen molar-refractivity contribution in [2.24, 2.45) is 16.6 Å².